The molecule has 5 rings (SSSR count). The third kappa shape index (κ3) is 7.67. The molecule has 0 saturated carbocycles. The van der Waals surface area contributed by atoms with Crippen LogP contribution in [0.4, 0.5) is 5.69 Å². The van der Waals surface area contributed by atoms with E-state index in [4.69, 9.17) is 0 Å². The second-order valence-corrected chi connectivity index (χ2v) is 10.6. The minimum atomic E-state index is -0.295. The molecule has 37 heavy (non-hydrogen) atoms. The van der Waals surface area contributed by atoms with Gasteiger partial charge in [0.05, 0.1) is 11.2 Å². The van der Waals surface area contributed by atoms with Crippen LogP contribution in [0.25, 0.3) is 0 Å². The highest BCUT2D eigenvalue weighted by Gasteiger charge is 2.31. The Morgan fingerprint density at radius 3 is 1.57 bits per heavy atom. The van der Waals surface area contributed by atoms with Crippen LogP contribution in [0.1, 0.15) is 18.9 Å². The van der Waals surface area contributed by atoms with Crippen LogP contribution in [0.3, 0.4) is 0 Å². The van der Waals surface area contributed by atoms with Crippen molar-refractivity contribution in [1.82, 2.24) is 37.2 Å². The van der Waals surface area contributed by atoms with Crippen molar-refractivity contribution in [3.8, 4) is 0 Å². The fraction of sp³-hybridized carbons (Fsp3) is 0.630. The molecule has 0 aliphatic carbocycles. The van der Waals surface area contributed by atoms with Crippen LogP contribution in [0.5, 0.6) is 0 Å². The summed E-state index contributed by atoms with van der Waals surface area (Å²) in [6, 6.07) is 7.64. The van der Waals surface area contributed by atoms with Gasteiger partial charge in [0.15, 0.2) is 0 Å². The molecule has 4 aliphatic rings. The molecular weight excluding hydrogens is 468 g/mol. The van der Waals surface area contributed by atoms with Crippen molar-refractivity contribution >= 4 is 17.5 Å². The minimum Gasteiger partial charge on any atom is -0.315 e. The van der Waals surface area contributed by atoms with E-state index in [0.717, 1.165) is 90.5 Å². The number of imide groups is 1. The minimum absolute atomic E-state index is 0.190. The summed E-state index contributed by atoms with van der Waals surface area (Å²) in [6.07, 6.45) is 3.75. The van der Waals surface area contributed by atoms with E-state index in [1.54, 1.807) is 0 Å². The summed E-state index contributed by atoms with van der Waals surface area (Å²) in [7, 11) is 0. The SMILES string of the molecule is CCC12CNCCNCC(NCc3ccc(N4C(=O)C=CC4=O)cc3)(CNCCNC1)CNCCNC2. The van der Waals surface area contributed by atoms with E-state index in [0.29, 0.717) is 12.2 Å². The molecular formula is C27H44N8O2. The van der Waals surface area contributed by atoms with Crippen LogP contribution in [-0.4, -0.2) is 95.9 Å². The Labute approximate surface area is 220 Å². The van der Waals surface area contributed by atoms with Gasteiger partial charge in [-0.25, -0.2) is 4.90 Å². The van der Waals surface area contributed by atoms with Crippen LogP contribution in [-0.2, 0) is 16.1 Å². The first-order valence-corrected chi connectivity index (χ1v) is 13.7. The first kappa shape index (κ1) is 27.8. The lowest BCUT2D eigenvalue weighted by Gasteiger charge is -2.38. The summed E-state index contributed by atoms with van der Waals surface area (Å²) in [5.74, 6) is -0.590. The van der Waals surface area contributed by atoms with Crippen molar-refractivity contribution in [2.24, 2.45) is 5.41 Å². The van der Waals surface area contributed by atoms with Gasteiger partial charge in [-0.2, -0.15) is 0 Å². The highest BCUT2D eigenvalue weighted by atomic mass is 16.2. The Kier molecular flexibility index (Phi) is 10.2. The van der Waals surface area contributed by atoms with Gasteiger partial charge in [0, 0.05) is 103 Å². The molecule has 0 spiro atoms. The summed E-state index contributed by atoms with van der Waals surface area (Å²) >= 11 is 0. The maximum absolute atomic E-state index is 12.0. The van der Waals surface area contributed by atoms with Gasteiger partial charge in [0.25, 0.3) is 11.8 Å². The third-order valence-electron chi connectivity index (χ3n) is 7.75. The van der Waals surface area contributed by atoms with Gasteiger partial charge >= 0.3 is 0 Å². The van der Waals surface area contributed by atoms with E-state index in [-0.39, 0.29) is 22.8 Å². The quantitative estimate of drug-likeness (QED) is 0.247. The molecule has 4 heterocycles. The lowest BCUT2D eigenvalue weighted by molar-refractivity contribution is -0.119. The topological polar surface area (TPSA) is 122 Å². The Bertz CT molecular complexity index is 858. The van der Waals surface area contributed by atoms with Crippen molar-refractivity contribution in [3.63, 3.8) is 0 Å². The molecule has 0 atom stereocenters. The van der Waals surface area contributed by atoms with Gasteiger partial charge in [-0.3, -0.25) is 9.59 Å². The Balaban J connectivity index is 1.43. The van der Waals surface area contributed by atoms with E-state index in [1.165, 1.54) is 17.1 Å². The molecule has 0 radical (unpaired) electrons. The van der Waals surface area contributed by atoms with Crippen molar-refractivity contribution in [3.05, 3.63) is 42.0 Å². The van der Waals surface area contributed by atoms with E-state index in [1.807, 2.05) is 24.3 Å². The van der Waals surface area contributed by atoms with Crippen molar-refractivity contribution < 1.29 is 9.59 Å². The average molecular weight is 513 g/mol. The molecule has 2 amide bonds. The van der Waals surface area contributed by atoms with Crippen molar-refractivity contribution in [2.75, 3.05) is 83.4 Å². The number of benzene rings is 1. The second kappa shape index (κ2) is 13.6. The maximum atomic E-state index is 12.0. The highest BCUT2D eigenvalue weighted by Crippen LogP contribution is 2.20. The number of rotatable bonds is 5. The largest absolute Gasteiger partial charge is 0.315 e. The van der Waals surface area contributed by atoms with Crippen LogP contribution >= 0.6 is 0 Å². The van der Waals surface area contributed by atoms with Crippen LogP contribution in [0.2, 0.25) is 0 Å². The van der Waals surface area contributed by atoms with E-state index < -0.39 is 0 Å². The van der Waals surface area contributed by atoms with Gasteiger partial charge in [-0.05, 0) is 24.1 Å². The first-order chi connectivity index (χ1) is 18.0. The number of nitrogens with zero attached hydrogens (tertiary/aromatic N) is 1. The number of hydrogen-bond acceptors (Lipinski definition) is 9. The van der Waals surface area contributed by atoms with Gasteiger partial charge < -0.3 is 37.2 Å². The van der Waals surface area contributed by atoms with Gasteiger partial charge in [-0.15, -0.1) is 0 Å². The Morgan fingerprint density at radius 1 is 0.703 bits per heavy atom. The predicted octanol–water partition coefficient (Wildman–Crippen LogP) is -1.09. The standard InChI is InChI=1S/C27H44N8O2/c1-2-26-16-28-9-12-31-19-27(20-32-13-10-29-17-26,21-33-14-11-30-18-26)34-15-22-3-5-23(6-4-22)35-24(36)7-8-25(35)37/h3-8,28-34H,2,9-21H2,1H3. The Hall–Kier alpha value is -2.18. The smallest absolute Gasteiger partial charge is 0.258 e. The zero-order valence-corrected chi connectivity index (χ0v) is 22.1. The normalized spacial score (nSPS) is 28.8. The molecule has 7 N–H and O–H groups in total. The highest BCUT2D eigenvalue weighted by molar-refractivity contribution is 6.28. The second-order valence-electron chi connectivity index (χ2n) is 10.6. The zero-order chi connectivity index (χ0) is 26.0. The maximum Gasteiger partial charge on any atom is 0.258 e. The fourth-order valence-corrected chi connectivity index (χ4v) is 5.22. The molecule has 1 aromatic rings. The number of anilines is 1. The van der Waals surface area contributed by atoms with Crippen LogP contribution in [0.15, 0.2) is 36.4 Å². The number of amides is 2. The number of fused-ring (bicyclic) bond motifs is 15. The molecule has 3 saturated heterocycles. The summed E-state index contributed by atoms with van der Waals surface area (Å²) < 4.78 is 0. The Morgan fingerprint density at radius 2 is 1.14 bits per heavy atom. The molecule has 10 heteroatoms. The van der Waals surface area contributed by atoms with E-state index in [9.17, 15) is 9.59 Å². The molecule has 10 nitrogen and oxygen atoms in total. The number of hydrogen-bond donors (Lipinski definition) is 7. The first-order valence-electron chi connectivity index (χ1n) is 13.7. The molecule has 2 bridgehead atoms. The lowest BCUT2D eigenvalue weighted by Crippen LogP contribution is -2.64. The molecule has 4 aliphatic heterocycles. The summed E-state index contributed by atoms with van der Waals surface area (Å²) in [5, 5.41) is 26.0. The van der Waals surface area contributed by atoms with Crippen LogP contribution < -0.4 is 42.1 Å². The summed E-state index contributed by atoms with van der Waals surface area (Å²) in [4.78, 5) is 25.2. The van der Waals surface area contributed by atoms with Gasteiger partial charge in [0.2, 0.25) is 0 Å². The molecule has 3 fully saturated rings. The number of carbonyl (C=O) groups excluding carboxylic acids is 2. The van der Waals surface area contributed by atoms with E-state index >= 15 is 0 Å². The zero-order valence-electron chi connectivity index (χ0n) is 22.1. The molecule has 0 unspecified atom stereocenters. The predicted molar refractivity (Wildman–Crippen MR) is 148 cm³/mol. The average Bonchev–Trinajstić information content (AvgIpc) is 3.25. The fourth-order valence-electron chi connectivity index (χ4n) is 5.22. The monoisotopic (exact) mass is 512 g/mol. The number of nitrogens with one attached hydrogen (secondary N) is 7. The van der Waals surface area contributed by atoms with Crippen molar-refractivity contribution in [1.29, 1.82) is 0 Å². The summed E-state index contributed by atoms with van der Waals surface area (Å²) in [6.45, 7) is 14.0. The molecule has 204 valence electrons. The third-order valence-corrected chi connectivity index (χ3v) is 7.75. The van der Waals surface area contributed by atoms with Crippen LogP contribution in [0, 0.1) is 5.41 Å². The lowest BCUT2D eigenvalue weighted by atomic mass is 9.84. The number of carbonyl (C=O) groups is 2. The van der Waals surface area contributed by atoms with Gasteiger partial charge in [-0.1, -0.05) is 19.1 Å². The molecule has 1 aromatic carbocycles. The van der Waals surface area contributed by atoms with E-state index in [2.05, 4.69) is 44.1 Å². The van der Waals surface area contributed by atoms with Gasteiger partial charge in [0.1, 0.15) is 0 Å². The summed E-state index contributed by atoms with van der Waals surface area (Å²) in [5.41, 5.74) is 1.72. The van der Waals surface area contributed by atoms with Crippen molar-refractivity contribution in [2.45, 2.75) is 25.4 Å². The molecule has 0 aromatic heterocycles.